The fourth-order valence-electron chi connectivity index (χ4n) is 5.34. The van der Waals surface area contributed by atoms with Crippen LogP contribution in [0.25, 0.3) is 33.6 Å². The second-order valence-corrected chi connectivity index (χ2v) is 10.5. The summed E-state index contributed by atoms with van der Waals surface area (Å²) in [5.41, 5.74) is 4.91. The number of rotatable bonds is 7. The monoisotopic (exact) mass is 639 g/mol. The van der Waals surface area contributed by atoms with Crippen molar-refractivity contribution in [3.63, 3.8) is 0 Å². The minimum Gasteiger partial charge on any atom is -0.494 e. The molecule has 0 unspecified atom stereocenters. The van der Waals surface area contributed by atoms with Crippen LogP contribution in [0.3, 0.4) is 0 Å². The van der Waals surface area contributed by atoms with E-state index in [9.17, 15) is 26.7 Å². The van der Waals surface area contributed by atoms with Crippen molar-refractivity contribution in [3.8, 4) is 28.5 Å². The number of benzene rings is 2. The number of nitrogens with two attached hydrogens (primary N) is 1. The Balaban J connectivity index is 1.19. The third kappa shape index (κ3) is 5.92. The van der Waals surface area contributed by atoms with Gasteiger partial charge in [0.25, 0.3) is 5.91 Å². The minimum atomic E-state index is -4.66. The molecule has 1 saturated heterocycles. The Labute approximate surface area is 258 Å². The Morgan fingerprint density at radius 2 is 1.78 bits per heavy atom. The summed E-state index contributed by atoms with van der Waals surface area (Å²) in [5.74, 6) is -1.46. The Hall–Kier alpha value is -5.18. The van der Waals surface area contributed by atoms with Gasteiger partial charge >= 0.3 is 6.18 Å². The molecular formula is C31H26F5N7O3. The first-order valence-electron chi connectivity index (χ1n) is 14.2. The number of methoxy groups -OCH3 is 1. The number of amides is 1. The van der Waals surface area contributed by atoms with Gasteiger partial charge in [0.05, 0.1) is 24.9 Å². The first-order valence-corrected chi connectivity index (χ1v) is 14.2. The lowest BCUT2D eigenvalue weighted by Gasteiger charge is -2.32. The van der Waals surface area contributed by atoms with Gasteiger partial charge in [0, 0.05) is 36.3 Å². The summed E-state index contributed by atoms with van der Waals surface area (Å²) in [6, 6.07) is 9.97. The number of aromatic nitrogens is 4. The normalized spacial score (nSPS) is 14.1. The third-order valence-electron chi connectivity index (χ3n) is 7.64. The van der Waals surface area contributed by atoms with Crippen molar-refractivity contribution >= 4 is 22.8 Å². The van der Waals surface area contributed by atoms with E-state index in [0.717, 1.165) is 18.2 Å². The summed E-state index contributed by atoms with van der Waals surface area (Å²) < 4.78 is 79.7. The van der Waals surface area contributed by atoms with Crippen molar-refractivity contribution in [3.05, 3.63) is 83.5 Å². The van der Waals surface area contributed by atoms with Gasteiger partial charge in [0.15, 0.2) is 11.5 Å². The molecule has 0 spiro atoms. The molecule has 1 fully saturated rings. The summed E-state index contributed by atoms with van der Waals surface area (Å²) in [4.78, 5) is 31.8. The molecule has 0 bridgehead atoms. The summed E-state index contributed by atoms with van der Waals surface area (Å²) in [5, 5.41) is 3.46. The van der Waals surface area contributed by atoms with E-state index < -0.39 is 29.4 Å². The predicted molar refractivity (Wildman–Crippen MR) is 157 cm³/mol. The number of fused-ring (bicyclic) bond motifs is 1. The fraction of sp³-hybridized carbons (Fsp3) is 0.258. The standard InChI is InChI=1S/C31H26F5N7O3/c1-45-22-7-5-18(17-6-8-24(31(34,35)36)41-26(17)22)28-42-27(23(15-37)46-28)29(44)43-13-10-16(11-14-43)39-30-38-12-9-21(40-30)25-19(32)3-2-4-20(25)33/h2-9,12,16H,10-11,13-15,37H2,1H3,(H,38,39,40). The molecule has 1 amide bonds. The number of pyridine rings is 1. The van der Waals surface area contributed by atoms with Gasteiger partial charge in [-0.15, -0.1) is 0 Å². The van der Waals surface area contributed by atoms with Crippen LogP contribution >= 0.6 is 0 Å². The molecule has 2 aromatic carbocycles. The van der Waals surface area contributed by atoms with Gasteiger partial charge < -0.3 is 25.1 Å². The van der Waals surface area contributed by atoms with Crippen LogP contribution in [0, 0.1) is 11.6 Å². The number of carbonyl (C=O) groups excluding carboxylic acids is 1. The molecule has 1 aliphatic rings. The quantitative estimate of drug-likeness (QED) is 0.211. The molecule has 0 radical (unpaired) electrons. The summed E-state index contributed by atoms with van der Waals surface area (Å²) in [6.45, 7) is 0.521. The number of carbonyl (C=O) groups is 1. The molecule has 3 N–H and O–H groups in total. The Kier molecular flexibility index (Phi) is 8.25. The number of likely N-dealkylation sites (tertiary alicyclic amines) is 1. The van der Waals surface area contributed by atoms with Gasteiger partial charge in [0.2, 0.25) is 11.8 Å². The highest BCUT2D eigenvalue weighted by molar-refractivity contribution is 5.98. The number of hydrogen-bond donors (Lipinski definition) is 2. The molecule has 0 saturated carbocycles. The second kappa shape index (κ2) is 12.3. The van der Waals surface area contributed by atoms with E-state index in [1.54, 1.807) is 11.0 Å². The van der Waals surface area contributed by atoms with Crippen LogP contribution in [-0.4, -0.2) is 57.0 Å². The zero-order valence-electron chi connectivity index (χ0n) is 24.2. The van der Waals surface area contributed by atoms with E-state index in [-0.39, 0.29) is 63.8 Å². The average Bonchev–Trinajstić information content (AvgIpc) is 3.48. The highest BCUT2D eigenvalue weighted by atomic mass is 19.4. The van der Waals surface area contributed by atoms with Crippen molar-refractivity contribution < 1.29 is 35.9 Å². The molecule has 238 valence electrons. The van der Waals surface area contributed by atoms with E-state index in [2.05, 4.69) is 25.3 Å². The number of nitrogens with one attached hydrogen (secondary N) is 1. The highest BCUT2D eigenvalue weighted by Crippen LogP contribution is 2.37. The molecular weight excluding hydrogens is 613 g/mol. The molecule has 4 heterocycles. The third-order valence-corrected chi connectivity index (χ3v) is 7.64. The van der Waals surface area contributed by atoms with Crippen molar-refractivity contribution in [2.45, 2.75) is 31.6 Å². The van der Waals surface area contributed by atoms with E-state index >= 15 is 0 Å². The van der Waals surface area contributed by atoms with Crippen molar-refractivity contribution in [2.24, 2.45) is 5.73 Å². The lowest BCUT2D eigenvalue weighted by atomic mass is 10.0. The first kappa shape index (κ1) is 30.8. The Morgan fingerprint density at radius 3 is 2.46 bits per heavy atom. The summed E-state index contributed by atoms with van der Waals surface area (Å²) in [7, 11) is 1.32. The number of piperidine rings is 1. The number of anilines is 1. The zero-order chi connectivity index (χ0) is 32.6. The van der Waals surface area contributed by atoms with Gasteiger partial charge in [-0.25, -0.2) is 28.7 Å². The van der Waals surface area contributed by atoms with Crippen LogP contribution in [0.15, 0.2) is 59.1 Å². The summed E-state index contributed by atoms with van der Waals surface area (Å²) in [6.07, 6.45) is -2.24. The van der Waals surface area contributed by atoms with Crippen LogP contribution < -0.4 is 15.8 Å². The summed E-state index contributed by atoms with van der Waals surface area (Å²) >= 11 is 0. The molecule has 0 aliphatic carbocycles. The molecule has 15 heteroatoms. The van der Waals surface area contributed by atoms with Crippen LogP contribution in [0.1, 0.15) is 34.8 Å². The van der Waals surface area contributed by atoms with Crippen molar-refractivity contribution in [1.29, 1.82) is 0 Å². The van der Waals surface area contributed by atoms with Gasteiger partial charge in [-0.3, -0.25) is 4.79 Å². The van der Waals surface area contributed by atoms with Crippen LogP contribution in [-0.2, 0) is 12.7 Å². The van der Waals surface area contributed by atoms with Gasteiger partial charge in [0.1, 0.15) is 28.6 Å². The first-order chi connectivity index (χ1) is 22.1. The fourth-order valence-corrected chi connectivity index (χ4v) is 5.34. The molecule has 1 aliphatic heterocycles. The van der Waals surface area contributed by atoms with Crippen molar-refractivity contribution in [2.75, 3.05) is 25.5 Å². The lowest BCUT2D eigenvalue weighted by molar-refractivity contribution is -0.140. The molecule has 3 aromatic heterocycles. The van der Waals surface area contributed by atoms with Crippen LogP contribution in [0.4, 0.5) is 27.9 Å². The Bertz CT molecular complexity index is 1900. The number of ether oxygens (including phenoxy) is 1. The van der Waals surface area contributed by atoms with E-state index in [1.807, 2.05) is 0 Å². The Morgan fingerprint density at radius 1 is 1.04 bits per heavy atom. The second-order valence-electron chi connectivity index (χ2n) is 10.5. The molecule has 6 rings (SSSR count). The number of halogens is 5. The SMILES string of the molecule is COc1ccc(-c2nc(C(=O)N3CCC(Nc4nccc(-c5c(F)cccc5F)n4)CC3)c(CN)o2)c2ccc(C(F)(F)F)nc12. The molecule has 5 aromatic rings. The average molecular weight is 640 g/mol. The maximum Gasteiger partial charge on any atom is 0.433 e. The molecule has 0 atom stereocenters. The topological polar surface area (TPSA) is 132 Å². The maximum absolute atomic E-state index is 14.3. The van der Waals surface area contributed by atoms with Crippen molar-refractivity contribution in [1.82, 2.24) is 24.8 Å². The molecule has 46 heavy (non-hydrogen) atoms. The van der Waals surface area contributed by atoms with E-state index in [4.69, 9.17) is 14.9 Å². The maximum atomic E-state index is 14.3. The minimum absolute atomic E-state index is 0.00196. The highest BCUT2D eigenvalue weighted by Gasteiger charge is 2.34. The number of nitrogens with zero attached hydrogens (tertiary/aromatic N) is 5. The lowest BCUT2D eigenvalue weighted by Crippen LogP contribution is -2.43. The number of alkyl halides is 3. The zero-order valence-corrected chi connectivity index (χ0v) is 24.2. The van der Waals surface area contributed by atoms with E-state index in [1.165, 1.54) is 37.6 Å². The van der Waals surface area contributed by atoms with Gasteiger partial charge in [-0.05, 0) is 55.3 Å². The number of oxazole rings is 1. The smallest absolute Gasteiger partial charge is 0.433 e. The number of hydrogen-bond acceptors (Lipinski definition) is 9. The van der Waals surface area contributed by atoms with Crippen LogP contribution in [0.2, 0.25) is 0 Å². The predicted octanol–water partition coefficient (Wildman–Crippen LogP) is 5.83. The van der Waals surface area contributed by atoms with Gasteiger partial charge in [-0.2, -0.15) is 13.2 Å². The van der Waals surface area contributed by atoms with E-state index in [0.29, 0.717) is 31.5 Å². The molecule has 10 nitrogen and oxygen atoms in total. The van der Waals surface area contributed by atoms with Gasteiger partial charge in [-0.1, -0.05) is 6.07 Å². The van der Waals surface area contributed by atoms with Crippen LogP contribution in [0.5, 0.6) is 5.75 Å². The largest absolute Gasteiger partial charge is 0.494 e.